The van der Waals surface area contributed by atoms with Crippen LogP contribution in [0, 0.1) is 0 Å². The van der Waals surface area contributed by atoms with Gasteiger partial charge in [0.1, 0.15) is 12.2 Å². The first-order chi connectivity index (χ1) is 9.65. The molecule has 2 fully saturated rings. The topological polar surface area (TPSA) is 47.9 Å². The zero-order valence-electron chi connectivity index (χ0n) is 10.7. The van der Waals surface area contributed by atoms with Gasteiger partial charge in [-0.05, 0) is 0 Å². The Morgan fingerprint density at radius 2 is 1.85 bits per heavy atom. The van der Waals surface area contributed by atoms with Gasteiger partial charge in [0, 0.05) is 12.0 Å². The summed E-state index contributed by atoms with van der Waals surface area (Å²) in [6.45, 7) is 0.181. The number of halogens is 2. The lowest BCUT2D eigenvalue weighted by molar-refractivity contribution is -0.311. The van der Waals surface area contributed by atoms with Gasteiger partial charge in [-0.2, -0.15) is 0 Å². The van der Waals surface area contributed by atoms with Gasteiger partial charge in [-0.25, -0.2) is 8.78 Å². The van der Waals surface area contributed by atoms with Crippen LogP contribution in [0.5, 0.6) is 0 Å². The molecule has 6 heteroatoms. The fourth-order valence-corrected chi connectivity index (χ4v) is 2.59. The summed E-state index contributed by atoms with van der Waals surface area (Å²) in [6, 6.07) is 9.36. The van der Waals surface area contributed by atoms with Crippen molar-refractivity contribution in [3.8, 4) is 0 Å². The highest BCUT2D eigenvalue weighted by molar-refractivity contribution is 5.16. The fraction of sp³-hybridized carbons (Fsp3) is 0.571. The molecule has 0 saturated carbocycles. The largest absolute Gasteiger partial charge is 0.390 e. The molecule has 1 unspecified atom stereocenters. The second kappa shape index (κ2) is 5.73. The normalized spacial score (nSPS) is 37.7. The van der Waals surface area contributed by atoms with Crippen molar-refractivity contribution >= 4 is 0 Å². The predicted octanol–water partition coefficient (Wildman–Crippen LogP) is 1.88. The Hall–Kier alpha value is -1.08. The van der Waals surface area contributed by atoms with E-state index in [0.717, 1.165) is 5.56 Å². The van der Waals surface area contributed by atoms with Crippen molar-refractivity contribution in [1.82, 2.24) is 0 Å². The summed E-state index contributed by atoms with van der Waals surface area (Å²) in [5.41, 5.74) is 0.858. The van der Waals surface area contributed by atoms with Crippen LogP contribution < -0.4 is 0 Å². The van der Waals surface area contributed by atoms with Crippen LogP contribution in [-0.2, 0) is 14.2 Å². The maximum Gasteiger partial charge on any atom is 0.266 e. The van der Waals surface area contributed by atoms with E-state index in [0.29, 0.717) is 0 Å². The van der Waals surface area contributed by atoms with Crippen LogP contribution in [0.4, 0.5) is 8.78 Å². The standard InChI is InChI=1S/C14H16F2O4/c15-13(16)12-9(17)6-10-11(19-12)7-18-14(20-10)8-4-2-1-3-5-8/h1-5,9-14,17H,6-7H2/t9-,10+,11-,12?,14-/m1/s1. The summed E-state index contributed by atoms with van der Waals surface area (Å²) < 4.78 is 41.9. The molecule has 1 aromatic rings. The van der Waals surface area contributed by atoms with Crippen LogP contribution in [0.3, 0.4) is 0 Å². The van der Waals surface area contributed by atoms with Crippen LogP contribution in [0.1, 0.15) is 18.3 Å². The highest BCUT2D eigenvalue weighted by Gasteiger charge is 2.45. The van der Waals surface area contributed by atoms with E-state index in [1.807, 2.05) is 30.3 Å². The van der Waals surface area contributed by atoms with Crippen LogP contribution >= 0.6 is 0 Å². The van der Waals surface area contributed by atoms with E-state index in [2.05, 4.69) is 0 Å². The SMILES string of the molecule is O[C@@H]1C[C@@H]2O[C@H](c3ccccc3)OC[C@H]2OC1C(F)F. The van der Waals surface area contributed by atoms with Crippen molar-refractivity contribution in [2.75, 3.05) is 6.61 Å². The number of hydrogen-bond donors (Lipinski definition) is 1. The Labute approximate surface area is 115 Å². The van der Waals surface area contributed by atoms with Gasteiger partial charge in [0.15, 0.2) is 6.29 Å². The van der Waals surface area contributed by atoms with Gasteiger partial charge in [0.2, 0.25) is 0 Å². The number of hydrogen-bond acceptors (Lipinski definition) is 4. The molecule has 20 heavy (non-hydrogen) atoms. The zero-order valence-corrected chi connectivity index (χ0v) is 10.7. The van der Waals surface area contributed by atoms with Crippen LogP contribution in [-0.4, -0.2) is 42.6 Å². The van der Waals surface area contributed by atoms with E-state index in [1.54, 1.807) is 0 Å². The minimum absolute atomic E-state index is 0.131. The Balaban J connectivity index is 1.68. The Morgan fingerprint density at radius 3 is 2.55 bits per heavy atom. The van der Waals surface area contributed by atoms with Crippen molar-refractivity contribution in [1.29, 1.82) is 0 Å². The molecule has 110 valence electrons. The highest BCUT2D eigenvalue weighted by Crippen LogP contribution is 2.34. The molecule has 0 bridgehead atoms. The lowest BCUT2D eigenvalue weighted by atomic mass is 9.97. The van der Waals surface area contributed by atoms with E-state index in [4.69, 9.17) is 14.2 Å². The van der Waals surface area contributed by atoms with Gasteiger partial charge in [-0.1, -0.05) is 30.3 Å². The smallest absolute Gasteiger partial charge is 0.266 e. The summed E-state index contributed by atoms with van der Waals surface area (Å²) in [5, 5.41) is 9.71. The molecule has 1 N–H and O–H groups in total. The number of aliphatic hydroxyl groups excluding tert-OH is 1. The van der Waals surface area contributed by atoms with Gasteiger partial charge in [-0.3, -0.25) is 0 Å². The molecule has 2 saturated heterocycles. The second-order valence-electron chi connectivity index (χ2n) is 5.03. The summed E-state index contributed by atoms with van der Waals surface area (Å²) in [6.07, 6.45) is -6.79. The summed E-state index contributed by atoms with van der Waals surface area (Å²) in [5.74, 6) is 0. The lowest BCUT2D eigenvalue weighted by Gasteiger charge is -2.43. The third-order valence-electron chi connectivity index (χ3n) is 3.63. The van der Waals surface area contributed by atoms with Gasteiger partial charge >= 0.3 is 0 Å². The van der Waals surface area contributed by atoms with Crippen molar-refractivity contribution in [3.63, 3.8) is 0 Å². The first-order valence-electron chi connectivity index (χ1n) is 6.59. The van der Waals surface area contributed by atoms with Gasteiger partial charge in [-0.15, -0.1) is 0 Å². The number of aliphatic hydroxyl groups is 1. The minimum Gasteiger partial charge on any atom is -0.390 e. The molecule has 2 heterocycles. The average Bonchev–Trinajstić information content (AvgIpc) is 2.46. The molecule has 3 rings (SSSR count). The third-order valence-corrected chi connectivity index (χ3v) is 3.63. The zero-order chi connectivity index (χ0) is 14.1. The molecule has 1 aromatic carbocycles. The molecule has 0 spiro atoms. The Morgan fingerprint density at radius 1 is 1.10 bits per heavy atom. The number of ether oxygens (including phenoxy) is 3. The second-order valence-corrected chi connectivity index (χ2v) is 5.03. The Bertz CT molecular complexity index is 442. The predicted molar refractivity (Wildman–Crippen MR) is 65.3 cm³/mol. The molecular formula is C14H16F2O4. The van der Waals surface area contributed by atoms with Gasteiger partial charge in [0.25, 0.3) is 6.43 Å². The monoisotopic (exact) mass is 286 g/mol. The number of benzene rings is 1. The molecule has 0 amide bonds. The molecular weight excluding hydrogens is 270 g/mol. The van der Waals surface area contributed by atoms with Crippen molar-refractivity contribution in [2.45, 2.75) is 43.6 Å². The quantitative estimate of drug-likeness (QED) is 0.902. The molecule has 0 aliphatic carbocycles. The van der Waals surface area contributed by atoms with Gasteiger partial charge < -0.3 is 19.3 Å². The first-order valence-corrected chi connectivity index (χ1v) is 6.59. The number of alkyl halides is 2. The highest BCUT2D eigenvalue weighted by atomic mass is 19.3. The van der Waals surface area contributed by atoms with E-state index < -0.39 is 37.1 Å². The third kappa shape index (κ3) is 2.69. The molecule has 2 aliphatic heterocycles. The maximum absolute atomic E-state index is 12.7. The minimum atomic E-state index is -2.71. The van der Waals surface area contributed by atoms with E-state index >= 15 is 0 Å². The van der Waals surface area contributed by atoms with E-state index in [1.165, 1.54) is 0 Å². The lowest BCUT2D eigenvalue weighted by Crippen LogP contribution is -2.55. The maximum atomic E-state index is 12.7. The van der Waals surface area contributed by atoms with Gasteiger partial charge in [0.05, 0.1) is 18.8 Å². The number of rotatable bonds is 2. The molecule has 4 nitrogen and oxygen atoms in total. The van der Waals surface area contributed by atoms with E-state index in [9.17, 15) is 13.9 Å². The first kappa shape index (κ1) is 13.9. The molecule has 0 aromatic heterocycles. The summed E-state index contributed by atoms with van der Waals surface area (Å²) in [4.78, 5) is 0. The average molecular weight is 286 g/mol. The Kier molecular flexibility index (Phi) is 3.98. The fourth-order valence-electron chi connectivity index (χ4n) is 2.59. The van der Waals surface area contributed by atoms with Crippen LogP contribution in [0.2, 0.25) is 0 Å². The summed E-state index contributed by atoms with van der Waals surface area (Å²) >= 11 is 0. The van der Waals surface area contributed by atoms with Crippen molar-refractivity contribution < 1.29 is 28.1 Å². The van der Waals surface area contributed by atoms with Crippen LogP contribution in [0.25, 0.3) is 0 Å². The molecule has 0 radical (unpaired) electrons. The van der Waals surface area contributed by atoms with Crippen LogP contribution in [0.15, 0.2) is 30.3 Å². The number of fused-ring (bicyclic) bond motifs is 1. The summed E-state index contributed by atoms with van der Waals surface area (Å²) in [7, 11) is 0. The molecule has 2 aliphatic rings. The van der Waals surface area contributed by atoms with E-state index in [-0.39, 0.29) is 13.0 Å². The van der Waals surface area contributed by atoms with Crippen molar-refractivity contribution in [3.05, 3.63) is 35.9 Å². The van der Waals surface area contributed by atoms with Crippen molar-refractivity contribution in [2.24, 2.45) is 0 Å². The molecule has 5 atom stereocenters.